The average molecular weight is 298 g/mol. The van der Waals surface area contributed by atoms with Gasteiger partial charge in [0.1, 0.15) is 0 Å². The minimum absolute atomic E-state index is 0.0501. The van der Waals surface area contributed by atoms with Crippen LogP contribution in [0.1, 0.15) is 44.0 Å². The fourth-order valence-corrected chi connectivity index (χ4v) is 4.04. The Morgan fingerprint density at radius 2 is 2.00 bits per heavy atom. The van der Waals surface area contributed by atoms with E-state index >= 15 is 0 Å². The van der Waals surface area contributed by atoms with Crippen molar-refractivity contribution in [3.63, 3.8) is 0 Å². The first kappa shape index (κ1) is 14.8. The van der Waals surface area contributed by atoms with Crippen LogP contribution < -0.4 is 10.4 Å². The standard InChI is InChI=1S/C18H21NO3/c1-17(2)13-8-9-18(17,3)15(20)12(13)10-19-14-7-5-4-6-11(14)16(21)22/h4-7,10,13,19H,8-9H2,1-3H3,(H,21,22)/p-1/b12-10-/t13-,18+/m1/s1. The van der Waals surface area contributed by atoms with Crippen LogP contribution in [0.5, 0.6) is 0 Å². The van der Waals surface area contributed by atoms with E-state index in [0.29, 0.717) is 5.69 Å². The Hall–Kier alpha value is -2.10. The molecule has 116 valence electrons. The molecule has 0 saturated heterocycles. The second-order valence-electron chi connectivity index (χ2n) is 7.05. The molecule has 0 heterocycles. The molecule has 1 aromatic rings. The number of allylic oxidation sites excluding steroid dienone is 1. The number of nitrogens with one attached hydrogen (secondary N) is 1. The van der Waals surface area contributed by atoms with Gasteiger partial charge in [-0.2, -0.15) is 0 Å². The number of hydrogen-bond acceptors (Lipinski definition) is 4. The first-order valence-corrected chi connectivity index (χ1v) is 7.61. The number of fused-ring (bicyclic) bond motifs is 2. The third kappa shape index (κ3) is 1.83. The Bertz CT molecular complexity index is 689. The molecular formula is C18H20NO3-. The van der Waals surface area contributed by atoms with Gasteiger partial charge in [-0.15, -0.1) is 0 Å². The van der Waals surface area contributed by atoms with Crippen LogP contribution in [0.3, 0.4) is 0 Å². The van der Waals surface area contributed by atoms with E-state index in [4.69, 9.17) is 0 Å². The molecule has 0 radical (unpaired) electrons. The molecule has 2 saturated carbocycles. The maximum absolute atomic E-state index is 12.7. The summed E-state index contributed by atoms with van der Waals surface area (Å²) < 4.78 is 0. The van der Waals surface area contributed by atoms with Crippen molar-refractivity contribution in [1.29, 1.82) is 0 Å². The summed E-state index contributed by atoms with van der Waals surface area (Å²) in [6.07, 6.45) is 3.63. The lowest BCUT2D eigenvalue weighted by Gasteiger charge is -2.31. The smallest absolute Gasteiger partial charge is 0.167 e. The molecule has 2 bridgehead atoms. The number of ketones is 1. The summed E-state index contributed by atoms with van der Waals surface area (Å²) in [5.41, 5.74) is 0.978. The summed E-state index contributed by atoms with van der Waals surface area (Å²) in [5, 5.41) is 14.1. The Morgan fingerprint density at radius 3 is 2.59 bits per heavy atom. The first-order chi connectivity index (χ1) is 10.3. The number of benzene rings is 1. The van der Waals surface area contributed by atoms with Gasteiger partial charge in [0, 0.05) is 28.4 Å². The highest BCUT2D eigenvalue weighted by Crippen LogP contribution is 2.65. The van der Waals surface area contributed by atoms with Gasteiger partial charge < -0.3 is 15.2 Å². The van der Waals surface area contributed by atoms with Crippen molar-refractivity contribution in [3.05, 3.63) is 41.6 Å². The predicted octanol–water partition coefficient (Wildman–Crippen LogP) is 2.37. The van der Waals surface area contributed by atoms with E-state index in [1.807, 2.05) is 6.92 Å². The fourth-order valence-electron chi connectivity index (χ4n) is 4.04. The van der Waals surface area contributed by atoms with Gasteiger partial charge in [-0.1, -0.05) is 39.0 Å². The van der Waals surface area contributed by atoms with E-state index < -0.39 is 5.97 Å². The molecule has 2 aliphatic carbocycles. The number of para-hydroxylation sites is 1. The van der Waals surface area contributed by atoms with Gasteiger partial charge in [-0.05, 0) is 30.2 Å². The molecule has 2 fully saturated rings. The molecule has 1 aromatic carbocycles. The summed E-state index contributed by atoms with van der Waals surface area (Å²) in [6, 6.07) is 6.56. The number of anilines is 1. The summed E-state index contributed by atoms with van der Waals surface area (Å²) in [7, 11) is 0. The minimum atomic E-state index is -1.23. The molecule has 0 aromatic heterocycles. The van der Waals surface area contributed by atoms with Crippen LogP contribution in [0.15, 0.2) is 36.0 Å². The number of hydrogen-bond donors (Lipinski definition) is 1. The Balaban J connectivity index is 1.93. The maximum Gasteiger partial charge on any atom is 0.167 e. The van der Waals surface area contributed by atoms with Crippen molar-refractivity contribution < 1.29 is 14.7 Å². The zero-order valence-electron chi connectivity index (χ0n) is 13.1. The van der Waals surface area contributed by atoms with E-state index in [1.54, 1.807) is 24.4 Å². The lowest BCUT2D eigenvalue weighted by molar-refractivity contribution is -0.254. The van der Waals surface area contributed by atoms with Gasteiger partial charge >= 0.3 is 0 Å². The number of Topliss-reactive ketones (excluding diaryl/α,β-unsaturated/α-hetero) is 1. The van der Waals surface area contributed by atoms with E-state index in [2.05, 4.69) is 19.2 Å². The fraction of sp³-hybridized carbons (Fsp3) is 0.444. The lowest BCUT2D eigenvalue weighted by atomic mass is 9.70. The molecule has 0 unspecified atom stereocenters. The topological polar surface area (TPSA) is 69.2 Å². The van der Waals surface area contributed by atoms with Crippen LogP contribution >= 0.6 is 0 Å². The average Bonchev–Trinajstić information content (AvgIpc) is 2.78. The van der Waals surface area contributed by atoms with Crippen molar-refractivity contribution in [2.75, 3.05) is 5.32 Å². The Labute approximate surface area is 130 Å². The van der Waals surface area contributed by atoms with Gasteiger partial charge in [0.05, 0.1) is 5.97 Å². The number of carbonyl (C=O) groups excluding carboxylic acids is 2. The highest BCUT2D eigenvalue weighted by Gasteiger charge is 2.63. The zero-order chi connectivity index (χ0) is 16.1. The quantitative estimate of drug-likeness (QED) is 0.870. The van der Waals surface area contributed by atoms with Gasteiger partial charge in [0.25, 0.3) is 0 Å². The van der Waals surface area contributed by atoms with Crippen LogP contribution in [0.2, 0.25) is 0 Å². The number of carboxylic acid groups (broad SMARTS) is 1. The first-order valence-electron chi connectivity index (χ1n) is 7.61. The number of aromatic carboxylic acids is 1. The normalized spacial score (nSPS) is 30.8. The van der Waals surface area contributed by atoms with Crippen molar-refractivity contribution >= 4 is 17.4 Å². The van der Waals surface area contributed by atoms with E-state index in [1.165, 1.54) is 6.07 Å². The molecule has 4 heteroatoms. The van der Waals surface area contributed by atoms with Crippen LogP contribution in [-0.4, -0.2) is 11.8 Å². The summed E-state index contributed by atoms with van der Waals surface area (Å²) in [4.78, 5) is 23.8. The highest BCUT2D eigenvalue weighted by molar-refractivity contribution is 6.05. The molecule has 1 N–H and O–H groups in total. The molecule has 0 aliphatic heterocycles. The van der Waals surface area contributed by atoms with Crippen LogP contribution in [0, 0.1) is 16.7 Å². The Kier molecular flexibility index (Phi) is 3.17. The number of rotatable bonds is 3. The monoisotopic (exact) mass is 298 g/mol. The second kappa shape index (κ2) is 4.70. The van der Waals surface area contributed by atoms with Crippen LogP contribution in [0.25, 0.3) is 0 Å². The maximum atomic E-state index is 12.7. The van der Waals surface area contributed by atoms with Crippen molar-refractivity contribution in [3.8, 4) is 0 Å². The third-order valence-corrected chi connectivity index (χ3v) is 5.90. The molecule has 3 rings (SSSR count). The van der Waals surface area contributed by atoms with Crippen LogP contribution in [0.4, 0.5) is 5.69 Å². The summed E-state index contributed by atoms with van der Waals surface area (Å²) >= 11 is 0. The van der Waals surface area contributed by atoms with E-state index in [-0.39, 0.29) is 28.1 Å². The number of carboxylic acids is 1. The molecule has 0 spiro atoms. The Morgan fingerprint density at radius 1 is 1.32 bits per heavy atom. The predicted molar refractivity (Wildman–Crippen MR) is 82.1 cm³/mol. The molecule has 22 heavy (non-hydrogen) atoms. The third-order valence-electron chi connectivity index (χ3n) is 5.90. The molecule has 0 amide bonds. The SMILES string of the molecule is CC1(C)[C@@H]2CC[C@@]1(C)C(=O)/C2=C\Nc1ccccc1C(=O)[O-]. The summed E-state index contributed by atoms with van der Waals surface area (Å²) in [5.74, 6) is -0.812. The summed E-state index contributed by atoms with van der Waals surface area (Å²) in [6.45, 7) is 6.35. The van der Waals surface area contributed by atoms with E-state index in [0.717, 1.165) is 18.4 Å². The van der Waals surface area contributed by atoms with Crippen molar-refractivity contribution in [1.82, 2.24) is 0 Å². The van der Waals surface area contributed by atoms with Gasteiger partial charge in [-0.25, -0.2) is 0 Å². The van der Waals surface area contributed by atoms with Crippen LogP contribution in [-0.2, 0) is 4.79 Å². The minimum Gasteiger partial charge on any atom is -0.545 e. The molecule has 2 atom stereocenters. The molecular weight excluding hydrogens is 278 g/mol. The molecule has 4 nitrogen and oxygen atoms in total. The van der Waals surface area contributed by atoms with Gasteiger partial charge in [0.2, 0.25) is 0 Å². The largest absolute Gasteiger partial charge is 0.545 e. The molecule has 2 aliphatic rings. The van der Waals surface area contributed by atoms with Crippen molar-refractivity contribution in [2.24, 2.45) is 16.7 Å². The lowest BCUT2D eigenvalue weighted by Crippen LogP contribution is -2.32. The highest BCUT2D eigenvalue weighted by atomic mass is 16.4. The zero-order valence-corrected chi connectivity index (χ0v) is 13.1. The number of carbonyl (C=O) groups is 2. The van der Waals surface area contributed by atoms with Crippen molar-refractivity contribution in [2.45, 2.75) is 33.6 Å². The van der Waals surface area contributed by atoms with E-state index in [9.17, 15) is 14.7 Å². The van der Waals surface area contributed by atoms with Gasteiger partial charge in [0.15, 0.2) is 5.78 Å². The van der Waals surface area contributed by atoms with Gasteiger partial charge in [-0.3, -0.25) is 4.79 Å². The second-order valence-corrected chi connectivity index (χ2v) is 7.05.